The number of nitrogens with zero attached hydrogens (tertiary/aromatic N) is 2. The molecule has 0 amide bonds. The fourth-order valence-electron chi connectivity index (χ4n) is 1.19. The molecule has 0 fully saturated rings. The molecule has 0 spiro atoms. The monoisotopic (exact) mass is 237 g/mol. The van der Waals surface area contributed by atoms with Crippen LogP contribution >= 0.6 is 23.3 Å². The molecule has 1 aromatic carbocycles. The first kappa shape index (κ1) is 10.4. The van der Waals surface area contributed by atoms with Crippen LogP contribution < -0.4 is 5.32 Å². The van der Waals surface area contributed by atoms with Crippen LogP contribution in [0.5, 0.6) is 0 Å². The molecule has 78 valence electrons. The van der Waals surface area contributed by atoms with Crippen molar-refractivity contribution in [2.45, 2.75) is 11.4 Å². The van der Waals surface area contributed by atoms with Crippen molar-refractivity contribution in [1.82, 2.24) is 9.59 Å². The molecule has 0 aliphatic carbocycles. The molecule has 1 aromatic heterocycles. The lowest BCUT2D eigenvalue weighted by atomic mass is 10.3. The van der Waals surface area contributed by atoms with Crippen LogP contribution in [0.4, 0.5) is 5.69 Å². The number of hydrogen-bond acceptors (Lipinski definition) is 5. The van der Waals surface area contributed by atoms with Gasteiger partial charge in [-0.25, -0.2) is 0 Å². The summed E-state index contributed by atoms with van der Waals surface area (Å²) >= 11 is 3.12. The van der Waals surface area contributed by atoms with Crippen molar-refractivity contribution in [2.75, 3.05) is 11.6 Å². The van der Waals surface area contributed by atoms with Gasteiger partial charge in [-0.05, 0) is 36.0 Å². The van der Waals surface area contributed by atoms with E-state index in [0.29, 0.717) is 0 Å². The lowest BCUT2D eigenvalue weighted by Crippen LogP contribution is -1.99. The van der Waals surface area contributed by atoms with Gasteiger partial charge >= 0.3 is 0 Å². The van der Waals surface area contributed by atoms with Crippen LogP contribution in [-0.4, -0.2) is 15.8 Å². The van der Waals surface area contributed by atoms with Crippen molar-refractivity contribution in [3.63, 3.8) is 0 Å². The Morgan fingerprint density at radius 2 is 2.40 bits per heavy atom. The molecule has 3 nitrogen and oxygen atoms in total. The lowest BCUT2D eigenvalue weighted by Gasteiger charge is -2.05. The highest BCUT2D eigenvalue weighted by molar-refractivity contribution is 7.98. The second kappa shape index (κ2) is 5.14. The predicted molar refractivity (Wildman–Crippen MR) is 65.5 cm³/mol. The van der Waals surface area contributed by atoms with Gasteiger partial charge < -0.3 is 5.32 Å². The molecule has 15 heavy (non-hydrogen) atoms. The maximum atomic E-state index is 3.97. The summed E-state index contributed by atoms with van der Waals surface area (Å²) in [6.45, 7) is 0.730. The van der Waals surface area contributed by atoms with Crippen LogP contribution in [-0.2, 0) is 6.54 Å². The van der Waals surface area contributed by atoms with Crippen LogP contribution in [0.15, 0.2) is 34.5 Å². The Labute approximate surface area is 97.1 Å². The van der Waals surface area contributed by atoms with Crippen molar-refractivity contribution in [1.29, 1.82) is 0 Å². The molecule has 0 aliphatic rings. The molecule has 0 saturated heterocycles. The molecule has 0 saturated carbocycles. The minimum Gasteiger partial charge on any atom is -0.379 e. The third-order valence-electron chi connectivity index (χ3n) is 1.95. The fourth-order valence-corrected chi connectivity index (χ4v) is 2.10. The summed E-state index contributed by atoms with van der Waals surface area (Å²) < 4.78 is 3.82. The quantitative estimate of drug-likeness (QED) is 0.830. The van der Waals surface area contributed by atoms with Crippen molar-refractivity contribution in [3.05, 3.63) is 35.3 Å². The molecule has 0 radical (unpaired) electrons. The van der Waals surface area contributed by atoms with Crippen LogP contribution in [0, 0.1) is 0 Å². The molecular weight excluding hydrogens is 226 g/mol. The zero-order valence-corrected chi connectivity index (χ0v) is 9.94. The first-order chi connectivity index (χ1) is 7.38. The normalized spacial score (nSPS) is 10.2. The van der Waals surface area contributed by atoms with Gasteiger partial charge in [0.1, 0.15) is 0 Å². The molecule has 0 atom stereocenters. The zero-order valence-electron chi connectivity index (χ0n) is 8.30. The van der Waals surface area contributed by atoms with Crippen LogP contribution in [0.3, 0.4) is 0 Å². The Kier molecular flexibility index (Phi) is 3.58. The number of nitrogens with one attached hydrogen (secondary N) is 1. The van der Waals surface area contributed by atoms with Crippen molar-refractivity contribution >= 4 is 29.0 Å². The Balaban J connectivity index is 1.98. The lowest BCUT2D eigenvalue weighted by molar-refractivity contribution is 0.998. The summed E-state index contributed by atoms with van der Waals surface area (Å²) in [5.74, 6) is 0. The number of aromatic nitrogens is 2. The average Bonchev–Trinajstić information content (AvgIpc) is 2.79. The SMILES string of the molecule is CSc1cccc(NCc2csnn2)c1. The summed E-state index contributed by atoms with van der Waals surface area (Å²) in [5, 5.41) is 9.24. The Morgan fingerprint density at radius 1 is 1.47 bits per heavy atom. The van der Waals surface area contributed by atoms with Gasteiger partial charge in [0, 0.05) is 16.0 Å². The molecule has 2 aromatic rings. The van der Waals surface area contributed by atoms with Gasteiger partial charge in [0.15, 0.2) is 0 Å². The number of rotatable bonds is 4. The topological polar surface area (TPSA) is 37.8 Å². The van der Waals surface area contributed by atoms with Gasteiger partial charge in [0.25, 0.3) is 0 Å². The molecule has 0 bridgehead atoms. The zero-order chi connectivity index (χ0) is 10.5. The first-order valence-corrected chi connectivity index (χ1v) is 6.58. The van der Waals surface area contributed by atoms with Gasteiger partial charge in [-0.1, -0.05) is 10.6 Å². The highest BCUT2D eigenvalue weighted by Crippen LogP contribution is 2.19. The van der Waals surface area contributed by atoms with Crippen LogP contribution in [0.2, 0.25) is 0 Å². The van der Waals surface area contributed by atoms with E-state index in [4.69, 9.17) is 0 Å². The highest BCUT2D eigenvalue weighted by atomic mass is 32.2. The molecule has 0 unspecified atom stereocenters. The van der Waals surface area contributed by atoms with Crippen molar-refractivity contribution in [2.24, 2.45) is 0 Å². The smallest absolute Gasteiger partial charge is 0.0946 e. The Morgan fingerprint density at radius 3 is 3.13 bits per heavy atom. The van der Waals surface area contributed by atoms with Gasteiger partial charge in [-0.2, -0.15) is 0 Å². The third kappa shape index (κ3) is 2.94. The fraction of sp³-hybridized carbons (Fsp3) is 0.200. The Bertz CT molecular complexity index is 414. The standard InChI is InChI=1S/C10H11N3S2/c1-14-10-4-2-3-8(5-10)11-6-9-7-15-13-12-9/h2-5,7,11H,6H2,1H3. The van der Waals surface area contributed by atoms with Crippen molar-refractivity contribution in [3.8, 4) is 0 Å². The van der Waals surface area contributed by atoms with Crippen LogP contribution in [0.25, 0.3) is 0 Å². The van der Waals surface area contributed by atoms with E-state index in [1.165, 1.54) is 16.4 Å². The van der Waals surface area contributed by atoms with Gasteiger partial charge in [0.2, 0.25) is 0 Å². The highest BCUT2D eigenvalue weighted by Gasteiger charge is 1.97. The van der Waals surface area contributed by atoms with E-state index < -0.39 is 0 Å². The van der Waals surface area contributed by atoms with Crippen molar-refractivity contribution < 1.29 is 0 Å². The molecule has 1 heterocycles. The van der Waals surface area contributed by atoms with Gasteiger partial charge in [-0.15, -0.1) is 16.9 Å². The maximum Gasteiger partial charge on any atom is 0.0946 e. The maximum absolute atomic E-state index is 3.97. The largest absolute Gasteiger partial charge is 0.379 e. The summed E-state index contributed by atoms with van der Waals surface area (Å²) in [7, 11) is 0. The van der Waals surface area contributed by atoms with E-state index >= 15 is 0 Å². The molecule has 5 heteroatoms. The Hall–Kier alpha value is -1.07. The first-order valence-electron chi connectivity index (χ1n) is 4.52. The molecule has 1 N–H and O–H groups in total. The predicted octanol–water partition coefficient (Wildman–Crippen LogP) is 2.87. The minimum atomic E-state index is 0.730. The molecule has 0 aliphatic heterocycles. The number of anilines is 1. The van der Waals surface area contributed by atoms with E-state index in [0.717, 1.165) is 17.9 Å². The second-order valence-corrected chi connectivity index (χ2v) is 4.47. The molecular formula is C10H11N3S2. The number of thioether (sulfide) groups is 1. The number of benzene rings is 1. The third-order valence-corrected chi connectivity index (χ3v) is 3.23. The van der Waals surface area contributed by atoms with E-state index in [1.807, 2.05) is 11.4 Å². The van der Waals surface area contributed by atoms with E-state index in [9.17, 15) is 0 Å². The average molecular weight is 237 g/mol. The summed E-state index contributed by atoms with van der Waals surface area (Å²) in [4.78, 5) is 1.26. The van der Waals surface area contributed by atoms with E-state index in [2.05, 4.69) is 39.4 Å². The summed E-state index contributed by atoms with van der Waals surface area (Å²) in [5.41, 5.74) is 2.10. The number of hydrogen-bond donors (Lipinski definition) is 1. The van der Waals surface area contributed by atoms with E-state index in [1.54, 1.807) is 11.8 Å². The van der Waals surface area contributed by atoms with Gasteiger partial charge in [-0.3, -0.25) is 0 Å². The molecule has 2 rings (SSSR count). The van der Waals surface area contributed by atoms with E-state index in [-0.39, 0.29) is 0 Å². The second-order valence-electron chi connectivity index (χ2n) is 2.98. The summed E-state index contributed by atoms with van der Waals surface area (Å²) in [6, 6.07) is 8.33. The van der Waals surface area contributed by atoms with Crippen LogP contribution in [0.1, 0.15) is 5.69 Å². The van der Waals surface area contributed by atoms with Gasteiger partial charge in [0.05, 0.1) is 12.2 Å². The summed E-state index contributed by atoms with van der Waals surface area (Å²) in [6.07, 6.45) is 2.07. The minimum absolute atomic E-state index is 0.730.